The van der Waals surface area contributed by atoms with Crippen LogP contribution < -0.4 is 20.1 Å². The molecule has 0 spiro atoms. The van der Waals surface area contributed by atoms with Gasteiger partial charge in [-0.05, 0) is 50.4 Å². The van der Waals surface area contributed by atoms with Crippen molar-refractivity contribution in [3.05, 3.63) is 23.8 Å². The minimum Gasteiger partial charge on any atom is -0.486 e. The minimum absolute atomic E-state index is 0.0667. The summed E-state index contributed by atoms with van der Waals surface area (Å²) in [5.74, 6) is 1.60. The van der Waals surface area contributed by atoms with Crippen LogP contribution in [0.4, 0.5) is 0 Å². The Hall–Kier alpha value is -1.75. The van der Waals surface area contributed by atoms with E-state index in [9.17, 15) is 4.79 Å². The summed E-state index contributed by atoms with van der Waals surface area (Å²) in [6, 6.07) is 5.80. The molecular weight excluding hydrogens is 268 g/mol. The number of carbonyl (C=O) groups is 1. The summed E-state index contributed by atoms with van der Waals surface area (Å²) in [6.07, 6.45) is 3.13. The van der Waals surface area contributed by atoms with E-state index in [0.29, 0.717) is 19.8 Å². The van der Waals surface area contributed by atoms with Crippen molar-refractivity contribution in [1.82, 2.24) is 10.6 Å². The molecular formula is C16H22N2O3. The van der Waals surface area contributed by atoms with E-state index in [1.165, 1.54) is 0 Å². The van der Waals surface area contributed by atoms with Crippen LogP contribution in [-0.4, -0.2) is 31.2 Å². The summed E-state index contributed by atoms with van der Waals surface area (Å²) >= 11 is 0. The number of carbonyl (C=O) groups excluding carboxylic acids is 1. The molecule has 2 N–H and O–H groups in total. The van der Waals surface area contributed by atoms with Gasteiger partial charge in [0, 0.05) is 6.54 Å². The molecule has 2 aliphatic heterocycles. The predicted octanol–water partition coefficient (Wildman–Crippen LogP) is 1.61. The number of hydrogen-bond acceptors (Lipinski definition) is 4. The number of amides is 1. The summed E-state index contributed by atoms with van der Waals surface area (Å²) < 4.78 is 11.0. The Balaban J connectivity index is 1.60. The van der Waals surface area contributed by atoms with Gasteiger partial charge in [-0.15, -0.1) is 0 Å². The largest absolute Gasteiger partial charge is 0.486 e. The molecule has 0 aromatic heterocycles. The van der Waals surface area contributed by atoms with Crippen molar-refractivity contribution >= 4 is 5.91 Å². The van der Waals surface area contributed by atoms with Crippen LogP contribution in [0.3, 0.4) is 0 Å². The summed E-state index contributed by atoms with van der Waals surface area (Å²) in [5, 5.41) is 6.34. The van der Waals surface area contributed by atoms with Gasteiger partial charge in [0.15, 0.2) is 11.5 Å². The van der Waals surface area contributed by atoms with Crippen molar-refractivity contribution in [1.29, 1.82) is 0 Å². The first-order chi connectivity index (χ1) is 10.2. The van der Waals surface area contributed by atoms with Crippen LogP contribution in [0.25, 0.3) is 0 Å². The third kappa shape index (κ3) is 3.13. The van der Waals surface area contributed by atoms with Gasteiger partial charge in [-0.25, -0.2) is 0 Å². The van der Waals surface area contributed by atoms with Gasteiger partial charge in [0.1, 0.15) is 13.2 Å². The molecule has 5 heteroatoms. The van der Waals surface area contributed by atoms with Crippen molar-refractivity contribution in [3.8, 4) is 11.5 Å². The van der Waals surface area contributed by atoms with Crippen molar-refractivity contribution in [2.75, 3.05) is 19.8 Å². The van der Waals surface area contributed by atoms with Gasteiger partial charge in [0.2, 0.25) is 5.91 Å². The highest BCUT2D eigenvalue weighted by Gasteiger charge is 2.33. The molecule has 1 amide bonds. The number of ether oxygens (including phenoxy) is 2. The lowest BCUT2D eigenvalue weighted by atomic mass is 9.90. The maximum atomic E-state index is 12.4. The summed E-state index contributed by atoms with van der Waals surface area (Å²) in [6.45, 7) is 4.56. The second-order valence-corrected chi connectivity index (χ2v) is 5.88. The molecule has 1 atom stereocenters. The van der Waals surface area contributed by atoms with E-state index in [1.54, 1.807) is 0 Å². The SMILES string of the molecule is CC1(C(=O)NCc2ccc3c(c2)OCCO3)CCCCN1. The Labute approximate surface area is 125 Å². The molecule has 1 saturated heterocycles. The Morgan fingerprint density at radius 1 is 1.29 bits per heavy atom. The summed E-state index contributed by atoms with van der Waals surface area (Å²) in [7, 11) is 0. The van der Waals surface area contributed by atoms with Gasteiger partial charge in [-0.1, -0.05) is 6.07 Å². The lowest BCUT2D eigenvalue weighted by Crippen LogP contribution is -2.56. The van der Waals surface area contributed by atoms with Crippen molar-refractivity contribution in [2.45, 2.75) is 38.3 Å². The lowest BCUT2D eigenvalue weighted by molar-refractivity contribution is -0.128. The molecule has 2 heterocycles. The maximum Gasteiger partial charge on any atom is 0.240 e. The zero-order valence-electron chi connectivity index (χ0n) is 12.4. The number of nitrogens with one attached hydrogen (secondary N) is 2. The summed E-state index contributed by atoms with van der Waals surface area (Å²) in [5.41, 5.74) is 0.582. The molecule has 1 fully saturated rings. The minimum atomic E-state index is -0.438. The quantitative estimate of drug-likeness (QED) is 0.888. The Morgan fingerprint density at radius 2 is 2.10 bits per heavy atom. The van der Waals surface area contributed by atoms with Gasteiger partial charge >= 0.3 is 0 Å². The number of benzene rings is 1. The first-order valence-corrected chi connectivity index (χ1v) is 7.59. The number of piperidine rings is 1. The number of hydrogen-bond donors (Lipinski definition) is 2. The van der Waals surface area contributed by atoms with E-state index in [-0.39, 0.29) is 5.91 Å². The van der Waals surface area contributed by atoms with Gasteiger partial charge in [-0.3, -0.25) is 4.79 Å². The second kappa shape index (κ2) is 5.93. The fourth-order valence-electron chi connectivity index (χ4n) is 2.83. The Morgan fingerprint density at radius 3 is 2.86 bits per heavy atom. The zero-order valence-corrected chi connectivity index (χ0v) is 12.4. The van der Waals surface area contributed by atoms with Crippen LogP contribution >= 0.6 is 0 Å². The first-order valence-electron chi connectivity index (χ1n) is 7.59. The molecule has 0 radical (unpaired) electrons. The van der Waals surface area contributed by atoms with Gasteiger partial charge < -0.3 is 20.1 Å². The molecule has 0 aliphatic carbocycles. The van der Waals surface area contributed by atoms with Crippen molar-refractivity contribution < 1.29 is 14.3 Å². The highest BCUT2D eigenvalue weighted by molar-refractivity contribution is 5.85. The lowest BCUT2D eigenvalue weighted by Gasteiger charge is -2.33. The normalized spacial score (nSPS) is 24.4. The van der Waals surface area contributed by atoms with Crippen LogP contribution in [0.2, 0.25) is 0 Å². The first kappa shape index (κ1) is 14.2. The molecule has 2 aliphatic rings. The maximum absolute atomic E-state index is 12.4. The van der Waals surface area contributed by atoms with E-state index in [0.717, 1.165) is 42.9 Å². The van der Waals surface area contributed by atoms with Gasteiger partial charge in [-0.2, -0.15) is 0 Å². The number of fused-ring (bicyclic) bond motifs is 1. The van der Waals surface area contributed by atoms with E-state index >= 15 is 0 Å². The zero-order chi connectivity index (χ0) is 14.7. The van der Waals surface area contributed by atoms with Crippen LogP contribution in [0, 0.1) is 0 Å². The molecule has 0 saturated carbocycles. The topological polar surface area (TPSA) is 59.6 Å². The van der Waals surface area contributed by atoms with E-state index < -0.39 is 5.54 Å². The van der Waals surface area contributed by atoms with Crippen molar-refractivity contribution in [2.24, 2.45) is 0 Å². The number of rotatable bonds is 3. The molecule has 1 unspecified atom stereocenters. The van der Waals surface area contributed by atoms with Crippen molar-refractivity contribution in [3.63, 3.8) is 0 Å². The van der Waals surface area contributed by atoms with E-state index in [4.69, 9.17) is 9.47 Å². The molecule has 0 bridgehead atoms. The fourth-order valence-corrected chi connectivity index (χ4v) is 2.83. The second-order valence-electron chi connectivity index (χ2n) is 5.88. The smallest absolute Gasteiger partial charge is 0.240 e. The molecule has 21 heavy (non-hydrogen) atoms. The average Bonchev–Trinajstić information content (AvgIpc) is 2.53. The van der Waals surface area contributed by atoms with Crippen LogP contribution in [0.1, 0.15) is 31.7 Å². The highest BCUT2D eigenvalue weighted by Crippen LogP contribution is 2.30. The van der Waals surface area contributed by atoms with Gasteiger partial charge in [0.05, 0.1) is 5.54 Å². The molecule has 3 rings (SSSR count). The third-order valence-electron chi connectivity index (χ3n) is 4.18. The molecule has 5 nitrogen and oxygen atoms in total. The molecule has 1 aromatic carbocycles. The standard InChI is InChI=1S/C16H22N2O3/c1-16(6-2-3-7-18-16)15(19)17-11-12-4-5-13-14(10-12)21-9-8-20-13/h4-5,10,18H,2-3,6-9,11H2,1H3,(H,17,19). The van der Waals surface area contributed by atoms with Crippen LogP contribution in [0.5, 0.6) is 11.5 Å². The fraction of sp³-hybridized carbons (Fsp3) is 0.562. The van der Waals surface area contributed by atoms with E-state index in [1.807, 2.05) is 25.1 Å². The predicted molar refractivity (Wildman–Crippen MR) is 79.5 cm³/mol. The Kier molecular flexibility index (Phi) is 4.01. The van der Waals surface area contributed by atoms with Gasteiger partial charge in [0.25, 0.3) is 0 Å². The van der Waals surface area contributed by atoms with Crippen LogP contribution in [-0.2, 0) is 11.3 Å². The molecule has 114 valence electrons. The van der Waals surface area contributed by atoms with E-state index in [2.05, 4.69) is 10.6 Å². The summed E-state index contributed by atoms with van der Waals surface area (Å²) in [4.78, 5) is 12.4. The molecule has 1 aromatic rings. The third-order valence-corrected chi connectivity index (χ3v) is 4.18. The average molecular weight is 290 g/mol. The highest BCUT2D eigenvalue weighted by atomic mass is 16.6. The monoisotopic (exact) mass is 290 g/mol. The van der Waals surface area contributed by atoms with Crippen LogP contribution in [0.15, 0.2) is 18.2 Å². The Bertz CT molecular complexity index is 524.